The van der Waals surface area contributed by atoms with Gasteiger partial charge in [0, 0.05) is 5.56 Å². The second kappa shape index (κ2) is 13.7. The van der Waals surface area contributed by atoms with Crippen molar-refractivity contribution < 1.29 is 37.5 Å². The Hall–Kier alpha value is -2.13. The third-order valence-corrected chi connectivity index (χ3v) is 12.3. The molecule has 1 aliphatic rings. The first-order chi connectivity index (χ1) is 20.5. The Morgan fingerprint density at radius 1 is 0.750 bits per heavy atom. The molecule has 1 heterocycles. The lowest BCUT2D eigenvalue weighted by molar-refractivity contribution is -0.0769. The lowest BCUT2D eigenvalue weighted by Gasteiger charge is -2.37. The highest BCUT2D eigenvalue weighted by Crippen LogP contribution is 2.51. The molecule has 216 valence electrons. The maximum atomic E-state index is 14.1. The van der Waals surface area contributed by atoms with Crippen molar-refractivity contribution >= 4 is 16.1 Å². The van der Waals surface area contributed by atoms with Crippen LogP contribution in [0.5, 0.6) is 0 Å². The number of rotatable bonds is 13. The quantitative estimate of drug-likeness (QED) is 0.148. The molecule has 0 amide bonds. The zero-order chi connectivity index (χ0) is 32.2. The van der Waals surface area contributed by atoms with E-state index in [-0.39, 0.29) is 18.3 Å². The fourth-order valence-electron chi connectivity index (χ4n) is 3.41. The molecule has 0 spiro atoms. The van der Waals surface area contributed by atoms with Crippen LogP contribution in [-0.2, 0) is 45.2 Å². The van der Waals surface area contributed by atoms with E-state index in [0.717, 1.165) is 0 Å². The van der Waals surface area contributed by atoms with Gasteiger partial charge in [-0.1, -0.05) is 112 Å². The van der Waals surface area contributed by atoms with Gasteiger partial charge < -0.3 is 13.9 Å². The predicted molar refractivity (Wildman–Crippen MR) is 158 cm³/mol. The van der Waals surface area contributed by atoms with E-state index in [4.69, 9.17) is 33.0 Å². The summed E-state index contributed by atoms with van der Waals surface area (Å²) in [6.07, 6.45) is -4.46. The first-order valence-electron chi connectivity index (χ1n) is 15.3. The van der Waals surface area contributed by atoms with Crippen molar-refractivity contribution in [3.05, 3.63) is 108 Å². The summed E-state index contributed by atoms with van der Waals surface area (Å²) >= 11 is 0. The molecule has 9 heteroatoms. The molecule has 0 bridgehead atoms. The third kappa shape index (κ3) is 8.68. The molecular formula is C31H41O7PSi. The molecule has 1 aliphatic heterocycles. The van der Waals surface area contributed by atoms with E-state index in [2.05, 4.69) is 0 Å². The molecule has 1 saturated heterocycles. The number of ether oxygens (including phenoxy) is 2. The van der Waals surface area contributed by atoms with Crippen LogP contribution in [0.4, 0.5) is 0 Å². The molecule has 0 radical (unpaired) electrons. The summed E-state index contributed by atoms with van der Waals surface area (Å²) in [6, 6.07) is 26.6. The molecule has 3 atom stereocenters. The molecule has 1 unspecified atom stereocenters. The first kappa shape index (κ1) is 25.6. The minimum Gasteiger partial charge on any atom is -0.414 e. The van der Waals surface area contributed by atoms with Gasteiger partial charge in [0.2, 0.25) is 0 Å². The van der Waals surface area contributed by atoms with Crippen molar-refractivity contribution in [2.45, 2.75) is 70.6 Å². The van der Waals surface area contributed by atoms with Crippen LogP contribution < -0.4 is 0 Å². The summed E-state index contributed by atoms with van der Waals surface area (Å²) in [5, 5.41) is -0.351. The zero-order valence-electron chi connectivity index (χ0n) is 27.6. The molecule has 0 N–H and O–H groups in total. The van der Waals surface area contributed by atoms with Gasteiger partial charge in [-0.15, -0.1) is 0 Å². The van der Waals surface area contributed by atoms with E-state index in [1.165, 1.54) is 0 Å². The number of phosphoric ester groups is 1. The Kier molecular flexibility index (Phi) is 8.75. The highest BCUT2D eigenvalue weighted by atomic mass is 31.2. The van der Waals surface area contributed by atoms with Crippen LogP contribution in [0.3, 0.4) is 0 Å². The Morgan fingerprint density at radius 3 is 1.68 bits per heavy atom. The third-order valence-electron chi connectivity index (χ3n) is 6.87. The summed E-state index contributed by atoms with van der Waals surface area (Å²) in [5.74, 6) is 0. The number of hydrogen-bond donors (Lipinski definition) is 0. The number of phosphoric acid groups is 1. The van der Waals surface area contributed by atoms with Crippen molar-refractivity contribution in [1.82, 2.24) is 0 Å². The highest BCUT2D eigenvalue weighted by Gasteiger charge is 2.43. The molecule has 0 aromatic heterocycles. The second-order valence-electron chi connectivity index (χ2n) is 11.0. The van der Waals surface area contributed by atoms with Crippen LogP contribution >= 0.6 is 7.82 Å². The molecular weight excluding hydrogens is 543 g/mol. The minimum atomic E-state index is -4.63. The molecule has 40 heavy (non-hydrogen) atoms. The molecule has 0 saturated carbocycles. The Labute approximate surface area is 245 Å². The normalized spacial score (nSPS) is 22.3. The van der Waals surface area contributed by atoms with E-state index in [1.807, 2.05) is 46.0 Å². The van der Waals surface area contributed by atoms with Gasteiger partial charge in [0.25, 0.3) is 0 Å². The standard InChI is InChI=1S/C31H41O7PSi/c1-31(2,3)40(4,5)36-24-29-28(37-30(38-29)27-19-13-8-14-20-27)23-35-39(32,33-21-25-15-9-6-10-16-25)34-22-26-17-11-7-12-18-26/h6-20,28-30H,21-24H2,1-5H3/t28-,29-,30?/m0/s1/i23D2,24D2. The zero-order valence-corrected chi connectivity index (χ0v) is 25.5. The maximum absolute atomic E-state index is 14.1. The van der Waals surface area contributed by atoms with Crippen molar-refractivity contribution in [2.24, 2.45) is 0 Å². The van der Waals surface area contributed by atoms with Gasteiger partial charge in [-0.3, -0.25) is 13.6 Å². The SMILES string of the molecule is [2H]C([2H])(O[Si](C)(C)C(C)(C)C)[C@@H]1OC(c2ccccc2)O[C@H]1C([2H])([2H])OP(=O)(OCc1ccccc1)OCc1ccccc1. The van der Waals surface area contributed by atoms with Gasteiger partial charge in [-0.25, -0.2) is 4.57 Å². The van der Waals surface area contributed by atoms with E-state index in [9.17, 15) is 4.57 Å². The van der Waals surface area contributed by atoms with E-state index >= 15 is 0 Å². The van der Waals surface area contributed by atoms with Gasteiger partial charge in [0.15, 0.2) is 14.6 Å². The largest absolute Gasteiger partial charge is 0.475 e. The molecule has 3 aromatic rings. The molecule has 4 rings (SSSR count). The monoisotopic (exact) mass is 588 g/mol. The van der Waals surface area contributed by atoms with Crippen LogP contribution in [0.15, 0.2) is 91.0 Å². The lowest BCUT2D eigenvalue weighted by atomic mass is 10.2. The molecule has 7 nitrogen and oxygen atoms in total. The first-order valence-corrected chi connectivity index (χ1v) is 17.6. The van der Waals surface area contributed by atoms with E-state index in [1.54, 1.807) is 78.9 Å². The average molecular weight is 589 g/mol. The maximum Gasteiger partial charge on any atom is 0.475 e. The Balaban J connectivity index is 1.65. The van der Waals surface area contributed by atoms with Crippen LogP contribution in [0.1, 0.15) is 49.2 Å². The van der Waals surface area contributed by atoms with Gasteiger partial charge in [-0.2, -0.15) is 0 Å². The summed E-state index contributed by atoms with van der Waals surface area (Å²) in [6.45, 7) is 3.90. The van der Waals surface area contributed by atoms with Crippen molar-refractivity contribution in [3.8, 4) is 0 Å². The summed E-state index contributed by atoms with van der Waals surface area (Å²) in [4.78, 5) is 0. The fraction of sp³-hybridized carbons (Fsp3) is 0.419. The smallest absolute Gasteiger partial charge is 0.414 e. The molecule has 1 fully saturated rings. The summed E-state index contributed by atoms with van der Waals surface area (Å²) < 4.78 is 85.0. The fourth-order valence-corrected chi connectivity index (χ4v) is 5.15. The molecule has 0 aliphatic carbocycles. The van der Waals surface area contributed by atoms with Crippen LogP contribution in [-0.4, -0.2) is 33.6 Å². The van der Waals surface area contributed by atoms with E-state index < -0.39 is 47.8 Å². The van der Waals surface area contributed by atoms with E-state index in [0.29, 0.717) is 16.7 Å². The average Bonchev–Trinajstić information content (AvgIpc) is 3.44. The Bertz CT molecular complexity index is 1340. The Morgan fingerprint density at radius 2 is 1.20 bits per heavy atom. The molecule has 3 aromatic carbocycles. The summed E-state index contributed by atoms with van der Waals surface area (Å²) in [7, 11) is -7.35. The van der Waals surface area contributed by atoms with Gasteiger partial charge in [0.05, 0.1) is 31.8 Å². The number of benzene rings is 3. The van der Waals surface area contributed by atoms with Crippen LogP contribution in [0.25, 0.3) is 0 Å². The topological polar surface area (TPSA) is 72.5 Å². The van der Waals surface area contributed by atoms with Crippen molar-refractivity contribution in [2.75, 3.05) is 13.1 Å². The van der Waals surface area contributed by atoms with Crippen LogP contribution in [0, 0.1) is 0 Å². The van der Waals surface area contributed by atoms with Crippen LogP contribution in [0.2, 0.25) is 18.1 Å². The second-order valence-corrected chi connectivity index (χ2v) is 17.3. The number of hydrogen-bond acceptors (Lipinski definition) is 7. The van der Waals surface area contributed by atoms with Crippen molar-refractivity contribution in [1.29, 1.82) is 0 Å². The predicted octanol–water partition coefficient (Wildman–Crippen LogP) is 8.05. The van der Waals surface area contributed by atoms with Gasteiger partial charge in [0.1, 0.15) is 12.2 Å². The highest BCUT2D eigenvalue weighted by molar-refractivity contribution is 7.48. The van der Waals surface area contributed by atoms with Gasteiger partial charge >= 0.3 is 7.82 Å². The lowest BCUT2D eigenvalue weighted by Crippen LogP contribution is -2.44. The van der Waals surface area contributed by atoms with Crippen molar-refractivity contribution in [3.63, 3.8) is 0 Å². The summed E-state index contributed by atoms with van der Waals surface area (Å²) in [5.41, 5.74) is 1.88. The van der Waals surface area contributed by atoms with Gasteiger partial charge in [-0.05, 0) is 29.3 Å². The minimum absolute atomic E-state index is 0.184.